The van der Waals surface area contributed by atoms with E-state index in [-0.39, 0.29) is 29.9 Å². The number of amides is 2. The minimum Gasteiger partial charge on any atom is -0.497 e. The molecular formula is C35H38FN3O6S. The number of ether oxygens (including phenoxy) is 2. The number of allylic oxidation sites excluding steroid dienone is 3. The summed E-state index contributed by atoms with van der Waals surface area (Å²) in [5.41, 5.74) is 3.46. The predicted octanol–water partition coefficient (Wildman–Crippen LogP) is 5.36. The molecule has 2 amide bonds. The number of aryl methyl sites for hydroxylation is 2. The largest absolute Gasteiger partial charge is 0.497 e. The van der Waals surface area contributed by atoms with Crippen LogP contribution in [0.2, 0.25) is 0 Å². The van der Waals surface area contributed by atoms with Crippen molar-refractivity contribution in [2.45, 2.75) is 37.5 Å². The van der Waals surface area contributed by atoms with E-state index in [1.54, 1.807) is 42.4 Å². The summed E-state index contributed by atoms with van der Waals surface area (Å²) in [6, 6.07) is 16.6. The molecule has 2 aliphatic rings. The second-order valence-electron chi connectivity index (χ2n) is 11.8. The lowest BCUT2D eigenvalue weighted by molar-refractivity contribution is -0.130. The monoisotopic (exact) mass is 647 g/mol. The van der Waals surface area contributed by atoms with E-state index in [4.69, 9.17) is 9.47 Å². The van der Waals surface area contributed by atoms with Crippen molar-refractivity contribution in [3.63, 3.8) is 0 Å². The Morgan fingerprint density at radius 1 is 1.02 bits per heavy atom. The van der Waals surface area contributed by atoms with E-state index in [2.05, 4.69) is 4.72 Å². The fourth-order valence-electron chi connectivity index (χ4n) is 5.95. The molecule has 5 rings (SSSR count). The van der Waals surface area contributed by atoms with Gasteiger partial charge in [0.05, 0.1) is 19.3 Å². The molecule has 0 radical (unpaired) electrons. The molecule has 1 saturated heterocycles. The molecule has 11 heteroatoms. The van der Waals surface area contributed by atoms with Crippen LogP contribution in [0.1, 0.15) is 39.9 Å². The molecular weight excluding hydrogens is 609 g/mol. The highest BCUT2D eigenvalue weighted by molar-refractivity contribution is 7.95. The zero-order valence-electron chi connectivity index (χ0n) is 26.5. The van der Waals surface area contributed by atoms with Crippen LogP contribution < -0.4 is 14.2 Å². The van der Waals surface area contributed by atoms with Crippen LogP contribution in [0.4, 0.5) is 10.1 Å². The molecule has 242 valence electrons. The Morgan fingerprint density at radius 3 is 2.35 bits per heavy atom. The van der Waals surface area contributed by atoms with Gasteiger partial charge in [0.25, 0.3) is 15.9 Å². The Bertz CT molecular complexity index is 1800. The van der Waals surface area contributed by atoms with Gasteiger partial charge in [0.1, 0.15) is 23.4 Å². The van der Waals surface area contributed by atoms with Gasteiger partial charge in [0.2, 0.25) is 5.91 Å². The highest BCUT2D eigenvalue weighted by Gasteiger charge is 2.51. The van der Waals surface area contributed by atoms with E-state index in [0.717, 1.165) is 22.8 Å². The molecule has 0 saturated carbocycles. The molecule has 3 aromatic carbocycles. The minimum atomic E-state index is -4.56. The number of hydrogen-bond acceptors (Lipinski definition) is 6. The molecule has 0 aromatic heterocycles. The first-order valence-corrected chi connectivity index (χ1v) is 16.4. The molecule has 2 atom stereocenters. The summed E-state index contributed by atoms with van der Waals surface area (Å²) >= 11 is 0. The normalized spacial score (nSPS) is 19.4. The highest BCUT2D eigenvalue weighted by atomic mass is 32.2. The Balaban J connectivity index is 1.36. The molecule has 1 aliphatic carbocycles. The Kier molecular flexibility index (Phi) is 9.25. The van der Waals surface area contributed by atoms with Crippen LogP contribution in [-0.2, 0) is 14.8 Å². The van der Waals surface area contributed by atoms with Gasteiger partial charge in [-0.05, 0) is 60.4 Å². The minimum absolute atomic E-state index is 0.0753. The fourth-order valence-corrected chi connectivity index (χ4v) is 7.60. The number of methoxy groups -OCH3 is 1. The van der Waals surface area contributed by atoms with E-state index in [1.165, 1.54) is 43.3 Å². The van der Waals surface area contributed by atoms with Crippen LogP contribution in [0.5, 0.6) is 11.5 Å². The smallest absolute Gasteiger partial charge is 0.254 e. The molecule has 1 aliphatic heterocycles. The van der Waals surface area contributed by atoms with Gasteiger partial charge in [-0.1, -0.05) is 48.6 Å². The number of benzene rings is 3. The first kappa shape index (κ1) is 32.7. The molecule has 9 nitrogen and oxygen atoms in total. The SMILES string of the molecule is COc1ccc(C2=CC=CC(C(=O)N(C)C)(S(=O)(=O)Nc3cc(O[C@H]4CCN(C(=O)c5c(C)cccc5C)C4)ccc3F)C2)cc1. The van der Waals surface area contributed by atoms with Crippen molar-refractivity contribution in [1.82, 2.24) is 9.80 Å². The lowest BCUT2D eigenvalue weighted by Gasteiger charge is -2.34. The Hall–Kier alpha value is -4.64. The number of nitrogens with one attached hydrogen (secondary N) is 1. The van der Waals surface area contributed by atoms with Crippen molar-refractivity contribution in [3.05, 3.63) is 107 Å². The van der Waals surface area contributed by atoms with Crippen LogP contribution in [-0.4, -0.2) is 75.2 Å². The number of nitrogens with zero attached hydrogens (tertiary/aromatic N) is 2. The van der Waals surface area contributed by atoms with E-state index in [0.29, 0.717) is 36.4 Å². The molecule has 0 spiro atoms. The maximum atomic E-state index is 15.1. The topological polar surface area (TPSA) is 105 Å². The summed E-state index contributed by atoms with van der Waals surface area (Å²) in [7, 11) is -0.0628. The molecule has 46 heavy (non-hydrogen) atoms. The summed E-state index contributed by atoms with van der Waals surface area (Å²) in [5, 5.41) is 0. The van der Waals surface area contributed by atoms with Crippen molar-refractivity contribution in [2.75, 3.05) is 39.0 Å². The van der Waals surface area contributed by atoms with Gasteiger partial charge in [0, 0.05) is 45.1 Å². The maximum absolute atomic E-state index is 15.1. The first-order chi connectivity index (χ1) is 21.8. The van der Waals surface area contributed by atoms with Gasteiger partial charge >= 0.3 is 0 Å². The van der Waals surface area contributed by atoms with Crippen molar-refractivity contribution in [1.29, 1.82) is 0 Å². The Labute approximate surface area is 269 Å². The van der Waals surface area contributed by atoms with Gasteiger partial charge in [-0.3, -0.25) is 14.3 Å². The van der Waals surface area contributed by atoms with Gasteiger partial charge in [-0.2, -0.15) is 0 Å². The summed E-state index contributed by atoms with van der Waals surface area (Å²) in [4.78, 5) is 29.8. The lowest BCUT2D eigenvalue weighted by atomic mass is 9.88. The molecule has 1 unspecified atom stereocenters. The number of hydrogen-bond donors (Lipinski definition) is 1. The summed E-state index contributed by atoms with van der Waals surface area (Å²) in [5.74, 6) is -0.711. The number of anilines is 1. The highest BCUT2D eigenvalue weighted by Crippen LogP contribution is 2.39. The Morgan fingerprint density at radius 2 is 1.70 bits per heavy atom. The number of sulfonamides is 1. The van der Waals surface area contributed by atoms with Crippen LogP contribution in [0.25, 0.3) is 5.57 Å². The number of halogens is 1. The van der Waals surface area contributed by atoms with Gasteiger partial charge in [-0.15, -0.1) is 0 Å². The summed E-state index contributed by atoms with van der Waals surface area (Å²) in [6.07, 6.45) is 4.63. The number of carbonyl (C=O) groups excluding carboxylic acids is 2. The van der Waals surface area contributed by atoms with Crippen LogP contribution in [0.15, 0.2) is 78.9 Å². The van der Waals surface area contributed by atoms with Crippen molar-refractivity contribution >= 4 is 33.1 Å². The summed E-state index contributed by atoms with van der Waals surface area (Å²) in [6.45, 7) is 4.63. The fraction of sp³-hybridized carbons (Fsp3) is 0.314. The van der Waals surface area contributed by atoms with Crippen LogP contribution in [0.3, 0.4) is 0 Å². The summed E-state index contributed by atoms with van der Waals surface area (Å²) < 4.78 is 55.0. The maximum Gasteiger partial charge on any atom is 0.254 e. The average molecular weight is 648 g/mol. The van der Waals surface area contributed by atoms with E-state index in [1.807, 2.05) is 32.0 Å². The van der Waals surface area contributed by atoms with Gasteiger partial charge < -0.3 is 19.3 Å². The zero-order chi connectivity index (χ0) is 33.2. The average Bonchev–Trinajstić information content (AvgIpc) is 3.50. The van der Waals surface area contributed by atoms with E-state index >= 15 is 4.39 Å². The zero-order valence-corrected chi connectivity index (χ0v) is 27.4. The number of rotatable bonds is 9. The van der Waals surface area contributed by atoms with Crippen molar-refractivity contribution in [2.24, 2.45) is 0 Å². The number of carbonyl (C=O) groups is 2. The molecule has 1 heterocycles. The quantitative estimate of drug-likeness (QED) is 0.336. The molecule has 3 aromatic rings. The number of likely N-dealkylation sites (tertiary alicyclic amines) is 1. The second kappa shape index (κ2) is 13.0. The van der Waals surface area contributed by atoms with Gasteiger partial charge in [-0.25, -0.2) is 12.8 Å². The van der Waals surface area contributed by atoms with Crippen LogP contribution >= 0.6 is 0 Å². The third kappa shape index (κ3) is 6.37. The van der Waals surface area contributed by atoms with Crippen molar-refractivity contribution < 1.29 is 31.9 Å². The molecule has 0 bridgehead atoms. The third-order valence-electron chi connectivity index (χ3n) is 8.44. The first-order valence-electron chi connectivity index (χ1n) is 14.9. The van der Waals surface area contributed by atoms with E-state index in [9.17, 15) is 18.0 Å². The second-order valence-corrected chi connectivity index (χ2v) is 13.8. The van der Waals surface area contributed by atoms with Crippen molar-refractivity contribution in [3.8, 4) is 11.5 Å². The standard InChI is InChI=1S/C35H38FN3O6S/c1-23-8-6-9-24(2)32(23)33(40)39-19-17-29(22-39)45-28-15-16-30(36)31(20-28)37-46(42,43)35(34(41)38(3)4)18-7-10-26(21-35)25-11-13-27(44-5)14-12-25/h6-16,18,20,29,37H,17,19,21-22H2,1-5H3/t29-,35?/m0/s1. The van der Waals surface area contributed by atoms with Crippen LogP contribution in [0, 0.1) is 19.7 Å². The lowest BCUT2D eigenvalue weighted by Crippen LogP contribution is -2.53. The predicted molar refractivity (Wildman–Crippen MR) is 176 cm³/mol. The molecule has 1 fully saturated rings. The third-order valence-corrected chi connectivity index (χ3v) is 10.3. The van der Waals surface area contributed by atoms with E-state index < -0.39 is 26.5 Å². The molecule has 1 N–H and O–H groups in total. The van der Waals surface area contributed by atoms with Gasteiger partial charge in [0.15, 0.2) is 4.75 Å².